The topological polar surface area (TPSA) is 58.2 Å². The molecule has 1 aromatic heterocycles. The van der Waals surface area contributed by atoms with Crippen molar-refractivity contribution in [2.75, 3.05) is 6.54 Å². The molecule has 5 heteroatoms. The number of imidazole rings is 1. The highest BCUT2D eigenvalue weighted by Gasteiger charge is 2.32. The van der Waals surface area contributed by atoms with Crippen LogP contribution in [0.15, 0.2) is 6.33 Å². The summed E-state index contributed by atoms with van der Waals surface area (Å²) in [5, 5.41) is 0. The van der Waals surface area contributed by atoms with Gasteiger partial charge in [-0.3, -0.25) is 4.90 Å². The molecule has 0 spiro atoms. The van der Waals surface area contributed by atoms with Crippen LogP contribution in [0.3, 0.4) is 0 Å². The number of hydrogen-bond acceptors (Lipinski definition) is 3. The Hall–Kier alpha value is -1.52. The number of ether oxygens (including phenoxy) is 1. The maximum absolute atomic E-state index is 12.0. The zero-order chi connectivity index (χ0) is 12.6. The molecule has 0 fully saturated rings. The maximum atomic E-state index is 12.0. The highest BCUT2D eigenvalue weighted by atomic mass is 16.6. The number of nitrogens with zero attached hydrogens (tertiary/aromatic N) is 2. The normalized spacial score (nSPS) is 20.0. The van der Waals surface area contributed by atoms with Crippen LogP contribution in [0, 0.1) is 0 Å². The van der Waals surface area contributed by atoms with E-state index in [4.69, 9.17) is 4.74 Å². The summed E-state index contributed by atoms with van der Waals surface area (Å²) in [5.41, 5.74) is 1.61. The van der Waals surface area contributed by atoms with Crippen LogP contribution in [0.4, 0.5) is 4.79 Å². The number of hydrogen-bond donors (Lipinski definition) is 1. The first-order chi connectivity index (χ1) is 7.88. The Kier molecular flexibility index (Phi) is 2.85. The van der Waals surface area contributed by atoms with Gasteiger partial charge in [-0.05, 0) is 27.7 Å². The van der Waals surface area contributed by atoms with Gasteiger partial charge in [-0.15, -0.1) is 0 Å². The average molecular weight is 237 g/mol. The molecule has 0 bridgehead atoms. The van der Waals surface area contributed by atoms with Gasteiger partial charge in [0, 0.05) is 18.7 Å². The van der Waals surface area contributed by atoms with Gasteiger partial charge < -0.3 is 9.72 Å². The van der Waals surface area contributed by atoms with Crippen LogP contribution in [0.1, 0.15) is 45.1 Å². The Labute approximate surface area is 101 Å². The number of H-pyrrole nitrogens is 1. The summed E-state index contributed by atoms with van der Waals surface area (Å²) in [5.74, 6) is 0. The minimum absolute atomic E-state index is 0.0279. The summed E-state index contributed by atoms with van der Waals surface area (Å²) >= 11 is 0. The molecule has 2 heterocycles. The SMILES string of the molecule is C[C@H]1c2nc[nH]c2CCN1C(=O)OC(C)(C)C. The Bertz CT molecular complexity index is 420. The highest BCUT2D eigenvalue weighted by Crippen LogP contribution is 2.27. The van der Waals surface area contributed by atoms with Gasteiger partial charge in [0.05, 0.1) is 18.1 Å². The Morgan fingerprint density at radius 1 is 1.59 bits per heavy atom. The standard InChI is InChI=1S/C12H19N3O2/c1-8-10-9(13-7-14-10)5-6-15(8)11(16)17-12(2,3)4/h7-8H,5-6H2,1-4H3,(H,13,14)/t8-/m0/s1. The van der Waals surface area contributed by atoms with Gasteiger partial charge in [-0.1, -0.05) is 0 Å². The lowest BCUT2D eigenvalue weighted by Crippen LogP contribution is -2.42. The van der Waals surface area contributed by atoms with Crippen molar-refractivity contribution < 1.29 is 9.53 Å². The van der Waals surface area contributed by atoms with Crippen molar-refractivity contribution in [1.82, 2.24) is 14.9 Å². The second kappa shape index (κ2) is 4.05. The van der Waals surface area contributed by atoms with Gasteiger partial charge in [0.15, 0.2) is 0 Å². The second-order valence-corrected chi connectivity index (χ2v) is 5.37. The van der Waals surface area contributed by atoms with Crippen LogP contribution in [0.25, 0.3) is 0 Å². The summed E-state index contributed by atoms with van der Waals surface area (Å²) in [4.78, 5) is 21.1. The van der Waals surface area contributed by atoms with Crippen LogP contribution < -0.4 is 0 Å². The summed E-state index contributed by atoms with van der Waals surface area (Å²) in [6.07, 6.45) is 2.22. The third-order valence-electron chi connectivity index (χ3n) is 2.85. The van der Waals surface area contributed by atoms with Gasteiger partial charge in [-0.25, -0.2) is 9.78 Å². The van der Waals surface area contributed by atoms with Crippen LogP contribution in [-0.4, -0.2) is 33.1 Å². The molecule has 2 rings (SSSR count). The number of carbonyl (C=O) groups excluding carboxylic acids is 1. The second-order valence-electron chi connectivity index (χ2n) is 5.37. The number of amides is 1. The van der Waals surface area contributed by atoms with E-state index < -0.39 is 5.60 Å². The largest absolute Gasteiger partial charge is 0.444 e. The van der Waals surface area contributed by atoms with Crippen molar-refractivity contribution in [2.45, 2.75) is 45.8 Å². The molecule has 0 unspecified atom stereocenters. The molecule has 0 aliphatic carbocycles. The number of rotatable bonds is 0. The van der Waals surface area contributed by atoms with E-state index in [1.807, 2.05) is 27.7 Å². The lowest BCUT2D eigenvalue weighted by molar-refractivity contribution is 0.0155. The number of aromatic nitrogens is 2. The molecule has 0 saturated carbocycles. The van der Waals surface area contributed by atoms with Crippen molar-refractivity contribution in [1.29, 1.82) is 0 Å². The van der Waals surface area contributed by atoms with E-state index in [0.717, 1.165) is 17.8 Å². The number of nitrogens with one attached hydrogen (secondary N) is 1. The molecular weight excluding hydrogens is 218 g/mol. The molecule has 1 atom stereocenters. The van der Waals surface area contributed by atoms with Gasteiger partial charge in [0.2, 0.25) is 0 Å². The fourth-order valence-corrected chi connectivity index (χ4v) is 2.04. The number of aromatic amines is 1. The molecule has 1 aromatic rings. The zero-order valence-electron chi connectivity index (χ0n) is 10.8. The molecule has 0 saturated heterocycles. The van der Waals surface area contributed by atoms with E-state index in [0.29, 0.717) is 6.54 Å². The van der Waals surface area contributed by atoms with E-state index in [2.05, 4.69) is 9.97 Å². The molecule has 0 aromatic carbocycles. The molecule has 1 aliphatic heterocycles. The fourth-order valence-electron chi connectivity index (χ4n) is 2.04. The Balaban J connectivity index is 2.12. The van der Waals surface area contributed by atoms with Crippen molar-refractivity contribution in [2.24, 2.45) is 0 Å². The Morgan fingerprint density at radius 2 is 2.29 bits per heavy atom. The van der Waals surface area contributed by atoms with Gasteiger partial charge in [0.25, 0.3) is 0 Å². The monoisotopic (exact) mass is 237 g/mol. The van der Waals surface area contributed by atoms with E-state index in [1.54, 1.807) is 11.2 Å². The molecule has 5 nitrogen and oxygen atoms in total. The third kappa shape index (κ3) is 2.43. The quantitative estimate of drug-likeness (QED) is 0.753. The molecule has 94 valence electrons. The van der Waals surface area contributed by atoms with E-state index in [-0.39, 0.29) is 12.1 Å². The summed E-state index contributed by atoms with van der Waals surface area (Å²) < 4.78 is 5.39. The molecule has 1 N–H and O–H groups in total. The van der Waals surface area contributed by atoms with Gasteiger partial charge in [-0.2, -0.15) is 0 Å². The van der Waals surface area contributed by atoms with Crippen molar-refractivity contribution in [3.8, 4) is 0 Å². The first-order valence-electron chi connectivity index (χ1n) is 5.90. The van der Waals surface area contributed by atoms with Crippen molar-refractivity contribution in [3.63, 3.8) is 0 Å². The van der Waals surface area contributed by atoms with Crippen molar-refractivity contribution in [3.05, 3.63) is 17.7 Å². The minimum Gasteiger partial charge on any atom is -0.444 e. The minimum atomic E-state index is -0.456. The number of carbonyl (C=O) groups is 1. The summed E-state index contributed by atoms with van der Waals surface area (Å²) in [6, 6.07) is -0.0279. The van der Waals surface area contributed by atoms with E-state index in [1.165, 1.54) is 0 Å². The molecule has 17 heavy (non-hydrogen) atoms. The highest BCUT2D eigenvalue weighted by molar-refractivity contribution is 5.69. The van der Waals surface area contributed by atoms with E-state index in [9.17, 15) is 4.79 Å². The Morgan fingerprint density at radius 3 is 2.94 bits per heavy atom. The van der Waals surface area contributed by atoms with Crippen LogP contribution in [0.5, 0.6) is 0 Å². The fraction of sp³-hybridized carbons (Fsp3) is 0.667. The summed E-state index contributed by atoms with van der Waals surface area (Å²) in [6.45, 7) is 8.27. The molecule has 1 aliphatic rings. The van der Waals surface area contributed by atoms with Gasteiger partial charge >= 0.3 is 6.09 Å². The molecule has 1 amide bonds. The van der Waals surface area contributed by atoms with Crippen molar-refractivity contribution >= 4 is 6.09 Å². The smallest absolute Gasteiger partial charge is 0.410 e. The van der Waals surface area contributed by atoms with Crippen LogP contribution in [0.2, 0.25) is 0 Å². The average Bonchev–Trinajstić information content (AvgIpc) is 2.63. The van der Waals surface area contributed by atoms with Gasteiger partial charge in [0.1, 0.15) is 5.60 Å². The third-order valence-corrected chi connectivity index (χ3v) is 2.85. The lowest BCUT2D eigenvalue weighted by Gasteiger charge is -2.34. The predicted octanol–water partition coefficient (Wildman–Crippen LogP) is 2.26. The molecule has 0 radical (unpaired) electrons. The van der Waals surface area contributed by atoms with Crippen LogP contribution >= 0.6 is 0 Å². The van der Waals surface area contributed by atoms with Crippen LogP contribution in [-0.2, 0) is 11.2 Å². The zero-order valence-corrected chi connectivity index (χ0v) is 10.8. The van der Waals surface area contributed by atoms with E-state index >= 15 is 0 Å². The first kappa shape index (κ1) is 12.0. The maximum Gasteiger partial charge on any atom is 0.410 e. The summed E-state index contributed by atoms with van der Waals surface area (Å²) in [7, 11) is 0. The molecular formula is C12H19N3O2. The lowest BCUT2D eigenvalue weighted by atomic mass is 10.1. The predicted molar refractivity (Wildman–Crippen MR) is 63.6 cm³/mol. The first-order valence-corrected chi connectivity index (χ1v) is 5.90. The number of fused-ring (bicyclic) bond motifs is 1.